The van der Waals surface area contributed by atoms with Crippen LogP contribution in [0.25, 0.3) is 0 Å². The van der Waals surface area contributed by atoms with Gasteiger partial charge in [0.1, 0.15) is 5.82 Å². The number of rotatable bonds is 7. The van der Waals surface area contributed by atoms with Gasteiger partial charge in [-0.3, -0.25) is 0 Å². The molecule has 3 fully saturated rings. The van der Waals surface area contributed by atoms with Crippen molar-refractivity contribution >= 4 is 23.3 Å². The van der Waals surface area contributed by atoms with E-state index in [9.17, 15) is 9.18 Å². The van der Waals surface area contributed by atoms with Crippen LogP contribution in [0.5, 0.6) is 0 Å². The molecule has 1 heterocycles. The zero-order chi connectivity index (χ0) is 24.6. The maximum absolute atomic E-state index is 13.6. The molecule has 7 heteroatoms. The molecule has 2 amide bonds. The molecule has 3 atom stereocenters. The summed E-state index contributed by atoms with van der Waals surface area (Å²) < 4.78 is 13.6. The van der Waals surface area contributed by atoms with Crippen LogP contribution in [-0.4, -0.2) is 73.1 Å². The second-order valence-corrected chi connectivity index (χ2v) is 11.1. The van der Waals surface area contributed by atoms with E-state index in [0.29, 0.717) is 11.6 Å². The van der Waals surface area contributed by atoms with Crippen molar-refractivity contribution in [2.24, 2.45) is 5.92 Å². The predicted molar refractivity (Wildman–Crippen MR) is 140 cm³/mol. The maximum Gasteiger partial charge on any atom is 0.322 e. The molecule has 1 aliphatic heterocycles. The summed E-state index contributed by atoms with van der Waals surface area (Å²) in [5.41, 5.74) is 3.46. The Balaban J connectivity index is 1.29. The van der Waals surface area contributed by atoms with Crippen LogP contribution in [0, 0.1) is 18.7 Å². The average molecular weight is 499 g/mol. The third-order valence-corrected chi connectivity index (χ3v) is 8.67. The second-order valence-electron chi connectivity index (χ2n) is 10.7. The Kier molecular flexibility index (Phi) is 7.06. The van der Waals surface area contributed by atoms with Crippen molar-refractivity contribution in [2.45, 2.75) is 44.1 Å². The largest absolute Gasteiger partial charge is 0.322 e. The summed E-state index contributed by atoms with van der Waals surface area (Å²) in [5, 5.41) is 3.02. The highest BCUT2D eigenvalue weighted by molar-refractivity contribution is 6.31. The minimum atomic E-state index is -0.481. The number of nitrogens with zero attached hydrogens (tertiary/aromatic N) is 3. The van der Waals surface area contributed by atoms with Crippen molar-refractivity contribution in [2.75, 3.05) is 51.6 Å². The third kappa shape index (κ3) is 5.20. The first-order chi connectivity index (χ1) is 16.9. The van der Waals surface area contributed by atoms with E-state index in [1.165, 1.54) is 23.3 Å². The highest BCUT2D eigenvalue weighted by atomic mass is 35.5. The third-order valence-electron chi connectivity index (χ3n) is 8.38. The SMILES string of the molecule is Cc1cccc([C@]23CC[C@@H](N(CCCN4CCN(C)CC4)C(=O)Nc4ccc(F)c(Cl)c4)[C@H]2C3)c1. The van der Waals surface area contributed by atoms with Crippen molar-refractivity contribution in [3.63, 3.8) is 0 Å². The molecular formula is C28H36ClFN4O. The molecule has 2 aromatic carbocycles. The quantitative estimate of drug-likeness (QED) is 0.557. The summed E-state index contributed by atoms with van der Waals surface area (Å²) in [4.78, 5) is 20.5. The van der Waals surface area contributed by atoms with Crippen molar-refractivity contribution in [3.8, 4) is 0 Å². The first-order valence-electron chi connectivity index (χ1n) is 12.9. The Labute approximate surface area is 213 Å². The van der Waals surface area contributed by atoms with E-state index in [2.05, 4.69) is 58.3 Å². The lowest BCUT2D eigenvalue weighted by Crippen LogP contribution is -2.47. The zero-order valence-electron chi connectivity index (χ0n) is 20.8. The van der Waals surface area contributed by atoms with E-state index in [4.69, 9.17) is 11.6 Å². The lowest BCUT2D eigenvalue weighted by Gasteiger charge is -2.34. The van der Waals surface area contributed by atoms with Crippen LogP contribution in [0.3, 0.4) is 0 Å². The number of halogens is 2. The molecule has 0 spiro atoms. The van der Waals surface area contributed by atoms with Crippen LogP contribution >= 0.6 is 11.6 Å². The number of hydrogen-bond acceptors (Lipinski definition) is 3. The number of aryl methyl sites for hydroxylation is 1. The van der Waals surface area contributed by atoms with E-state index in [1.807, 2.05) is 0 Å². The molecular weight excluding hydrogens is 463 g/mol. The molecule has 2 aromatic rings. The van der Waals surface area contributed by atoms with Gasteiger partial charge in [0.2, 0.25) is 0 Å². The number of nitrogens with one attached hydrogen (secondary N) is 1. The first kappa shape index (κ1) is 24.5. The molecule has 2 saturated carbocycles. The minimum Gasteiger partial charge on any atom is -0.321 e. The topological polar surface area (TPSA) is 38.8 Å². The van der Waals surface area contributed by atoms with E-state index in [1.54, 1.807) is 6.07 Å². The molecule has 35 heavy (non-hydrogen) atoms. The Morgan fingerprint density at radius 2 is 2.00 bits per heavy atom. The molecule has 0 bridgehead atoms. The second kappa shape index (κ2) is 10.1. The van der Waals surface area contributed by atoms with Crippen LogP contribution in [0.1, 0.15) is 36.8 Å². The molecule has 0 radical (unpaired) electrons. The number of anilines is 1. The minimum absolute atomic E-state index is 0.0194. The summed E-state index contributed by atoms with van der Waals surface area (Å²) in [7, 11) is 2.17. The zero-order valence-corrected chi connectivity index (χ0v) is 21.5. The van der Waals surface area contributed by atoms with Crippen molar-refractivity contribution in [3.05, 3.63) is 64.4 Å². The van der Waals surface area contributed by atoms with Gasteiger partial charge in [-0.1, -0.05) is 41.4 Å². The van der Waals surface area contributed by atoms with Gasteiger partial charge >= 0.3 is 6.03 Å². The summed E-state index contributed by atoms with van der Waals surface area (Å²) in [6, 6.07) is 13.4. The van der Waals surface area contributed by atoms with E-state index in [-0.39, 0.29) is 22.5 Å². The Morgan fingerprint density at radius 1 is 1.20 bits per heavy atom. The number of amides is 2. The summed E-state index contributed by atoms with van der Waals surface area (Å²) in [6.07, 6.45) is 4.23. The van der Waals surface area contributed by atoms with Gasteiger partial charge in [0.15, 0.2) is 0 Å². The Morgan fingerprint density at radius 3 is 2.71 bits per heavy atom. The number of carbonyl (C=O) groups is 1. The maximum atomic E-state index is 13.6. The van der Waals surface area contributed by atoms with E-state index in [0.717, 1.165) is 65.0 Å². The van der Waals surface area contributed by atoms with Gasteiger partial charge in [0.05, 0.1) is 5.02 Å². The van der Waals surface area contributed by atoms with Crippen molar-refractivity contribution in [1.82, 2.24) is 14.7 Å². The fraction of sp³-hybridized carbons (Fsp3) is 0.536. The number of likely N-dealkylation sites (N-methyl/N-ethyl adjacent to an activating group) is 1. The number of benzene rings is 2. The van der Waals surface area contributed by atoms with Gasteiger partial charge in [0, 0.05) is 49.9 Å². The number of piperazine rings is 1. The average Bonchev–Trinajstić information content (AvgIpc) is 3.47. The molecule has 188 valence electrons. The molecule has 5 rings (SSSR count). The lowest BCUT2D eigenvalue weighted by molar-refractivity contribution is 0.140. The van der Waals surface area contributed by atoms with Gasteiger partial charge in [-0.15, -0.1) is 0 Å². The molecule has 1 N–H and O–H groups in total. The van der Waals surface area contributed by atoms with Crippen LogP contribution in [0.2, 0.25) is 5.02 Å². The number of hydrogen-bond donors (Lipinski definition) is 1. The molecule has 1 saturated heterocycles. The lowest BCUT2D eigenvalue weighted by atomic mass is 9.92. The van der Waals surface area contributed by atoms with Crippen molar-refractivity contribution < 1.29 is 9.18 Å². The highest BCUT2D eigenvalue weighted by Gasteiger charge is 2.63. The standard InChI is InChI=1S/C28H36ClFN4O/c1-20-5-3-6-21(17-20)28-10-9-26(23(28)19-28)34(12-4-11-33-15-13-32(2)14-16-33)27(35)31-22-7-8-25(30)24(29)18-22/h3,5-8,17-18,23,26H,4,9-16,19H2,1-2H3,(H,31,35)/t23-,26-,28-/m1/s1. The van der Waals surface area contributed by atoms with Crippen molar-refractivity contribution in [1.29, 1.82) is 0 Å². The van der Waals surface area contributed by atoms with Gasteiger partial charge in [-0.2, -0.15) is 0 Å². The molecule has 2 aliphatic carbocycles. The monoisotopic (exact) mass is 498 g/mol. The normalized spacial score (nSPS) is 26.4. The molecule has 0 unspecified atom stereocenters. The molecule has 0 aromatic heterocycles. The van der Waals surface area contributed by atoms with Crippen LogP contribution in [0.4, 0.5) is 14.9 Å². The number of carbonyl (C=O) groups excluding carboxylic acids is 1. The van der Waals surface area contributed by atoms with Crippen LogP contribution in [-0.2, 0) is 5.41 Å². The molecule has 3 aliphatic rings. The van der Waals surface area contributed by atoms with Gasteiger partial charge in [-0.25, -0.2) is 9.18 Å². The fourth-order valence-corrected chi connectivity index (χ4v) is 6.44. The fourth-order valence-electron chi connectivity index (χ4n) is 6.26. The smallest absolute Gasteiger partial charge is 0.321 e. The highest BCUT2D eigenvalue weighted by Crippen LogP contribution is 2.65. The van der Waals surface area contributed by atoms with Gasteiger partial charge < -0.3 is 20.0 Å². The number of urea groups is 1. The summed E-state index contributed by atoms with van der Waals surface area (Å²) in [5.74, 6) is 0.0147. The predicted octanol–water partition coefficient (Wildman–Crippen LogP) is 5.38. The first-order valence-corrected chi connectivity index (χ1v) is 13.2. The molecule has 5 nitrogen and oxygen atoms in total. The number of fused-ring (bicyclic) bond motifs is 1. The summed E-state index contributed by atoms with van der Waals surface area (Å²) >= 11 is 5.96. The van der Waals surface area contributed by atoms with Gasteiger partial charge in [-0.05, 0) is 75.9 Å². The van der Waals surface area contributed by atoms with E-state index >= 15 is 0 Å². The Hall–Kier alpha value is -2.15. The Bertz CT molecular complexity index is 1070. The van der Waals surface area contributed by atoms with E-state index < -0.39 is 5.82 Å². The summed E-state index contributed by atoms with van der Waals surface area (Å²) in [6.45, 7) is 8.23. The van der Waals surface area contributed by atoms with Gasteiger partial charge in [0.25, 0.3) is 0 Å². The van der Waals surface area contributed by atoms with Crippen LogP contribution < -0.4 is 5.32 Å². The van der Waals surface area contributed by atoms with Crippen LogP contribution in [0.15, 0.2) is 42.5 Å².